The predicted octanol–water partition coefficient (Wildman–Crippen LogP) is 0.767. The third-order valence-electron chi connectivity index (χ3n) is 3.97. The van der Waals surface area contributed by atoms with E-state index in [1.807, 2.05) is 0 Å². The molecule has 118 valence electrons. The molecule has 0 saturated heterocycles. The molecule has 2 aromatic heterocycles. The zero-order valence-electron chi connectivity index (χ0n) is 17.6. The maximum Gasteiger partial charge on any atom is 0.407 e. The van der Waals surface area contributed by atoms with Crippen molar-refractivity contribution in [2.75, 3.05) is 12.8 Å². The minimum Gasteiger partial charge on any atom is -0.453 e. The number of nitrogens with two attached hydrogens (primary N) is 1. The van der Waals surface area contributed by atoms with Gasteiger partial charge in [-0.1, -0.05) is 0 Å². The average molecular weight is 311 g/mol. The van der Waals surface area contributed by atoms with Crippen molar-refractivity contribution in [1.29, 1.82) is 0 Å². The number of methoxy groups -OCH3 is 1. The molecule has 1 saturated carbocycles. The number of hydrogen-bond acceptors (Lipinski definition) is 5. The Morgan fingerprint density at radius 1 is 1.55 bits per heavy atom. The van der Waals surface area contributed by atoms with Crippen molar-refractivity contribution in [2.24, 2.45) is 6.98 Å². The fraction of sp³-hybridized carbons (Fsp3) is 0.500. The second-order valence-corrected chi connectivity index (χ2v) is 5.28. The number of carbonyl (C=O) groups excluding carboxylic acids is 1. The fourth-order valence-corrected chi connectivity index (χ4v) is 3.00. The highest BCUT2D eigenvalue weighted by Gasteiger charge is 2.30. The lowest BCUT2D eigenvalue weighted by Gasteiger charge is -2.14. The topological polar surface area (TPSA) is 104 Å². The van der Waals surface area contributed by atoms with Crippen molar-refractivity contribution >= 4 is 22.9 Å². The number of fused-ring (bicyclic) bond motifs is 1. The molecule has 22 heavy (non-hydrogen) atoms. The summed E-state index contributed by atoms with van der Waals surface area (Å²) in [4.78, 5) is 28.4. The number of imidazole rings is 1. The zero-order valence-corrected chi connectivity index (χ0v) is 11.6. The third-order valence-corrected chi connectivity index (χ3v) is 3.97. The number of nitrogens with zero attached hydrogens (tertiary/aromatic N) is 3. The van der Waals surface area contributed by atoms with Gasteiger partial charge >= 0.3 is 11.8 Å². The highest BCUT2D eigenvalue weighted by atomic mass is 16.5. The van der Waals surface area contributed by atoms with Crippen LogP contribution < -0.4 is 16.7 Å². The van der Waals surface area contributed by atoms with E-state index in [1.165, 1.54) is 16.8 Å². The number of carbonyl (C=O) groups is 1. The molecule has 2 heterocycles. The first-order chi connectivity index (χ1) is 12.9. The van der Waals surface area contributed by atoms with Crippen LogP contribution in [0.2, 0.25) is 0 Å². The predicted molar refractivity (Wildman–Crippen MR) is 81.6 cm³/mol. The van der Waals surface area contributed by atoms with Crippen LogP contribution in [0, 0.1) is 0 Å². The molecule has 0 spiro atoms. The lowest BCUT2D eigenvalue weighted by molar-refractivity contribution is 0.166. The SMILES string of the molecule is [2H]C([2H])([2H])OC(=O)N[C@@H]1CC[C@@H](n2c(=O)n(C([2H])([2H])[2H])c3cnc(N)cc32)C1. The molecule has 2 aromatic rings. The van der Waals surface area contributed by atoms with Gasteiger partial charge in [-0.05, 0) is 19.3 Å². The molecule has 0 radical (unpaired) electrons. The number of rotatable bonds is 2. The van der Waals surface area contributed by atoms with E-state index < -0.39 is 37.9 Å². The van der Waals surface area contributed by atoms with E-state index in [0.717, 1.165) is 0 Å². The summed E-state index contributed by atoms with van der Waals surface area (Å²) in [5.41, 5.74) is 5.46. The van der Waals surface area contributed by atoms with Gasteiger partial charge in [0, 0.05) is 29.2 Å². The van der Waals surface area contributed by atoms with Gasteiger partial charge in [0.15, 0.2) is 0 Å². The van der Waals surface area contributed by atoms with Gasteiger partial charge in [0.1, 0.15) is 5.82 Å². The second kappa shape index (κ2) is 5.36. The number of ether oxygens (including phenoxy) is 1. The van der Waals surface area contributed by atoms with E-state index in [2.05, 4.69) is 15.0 Å². The van der Waals surface area contributed by atoms with Crippen LogP contribution in [0.3, 0.4) is 0 Å². The maximum atomic E-state index is 12.9. The van der Waals surface area contributed by atoms with E-state index in [0.29, 0.717) is 29.3 Å². The van der Waals surface area contributed by atoms with Gasteiger partial charge in [-0.2, -0.15) is 0 Å². The van der Waals surface area contributed by atoms with Crippen LogP contribution in [0.15, 0.2) is 17.1 Å². The van der Waals surface area contributed by atoms with Crippen LogP contribution in [0.25, 0.3) is 11.0 Å². The van der Waals surface area contributed by atoms with Gasteiger partial charge < -0.3 is 15.8 Å². The minimum atomic E-state index is -2.85. The molecule has 8 heteroatoms. The van der Waals surface area contributed by atoms with Gasteiger partial charge in [0.25, 0.3) is 0 Å². The van der Waals surface area contributed by atoms with Crippen molar-refractivity contribution < 1.29 is 17.8 Å². The van der Waals surface area contributed by atoms with Gasteiger partial charge in [0.05, 0.1) is 28.4 Å². The second-order valence-electron chi connectivity index (χ2n) is 5.28. The summed E-state index contributed by atoms with van der Waals surface area (Å²) in [5, 5.41) is 2.46. The number of pyridine rings is 1. The lowest BCUT2D eigenvalue weighted by Crippen LogP contribution is -2.33. The highest BCUT2D eigenvalue weighted by Crippen LogP contribution is 2.31. The van der Waals surface area contributed by atoms with E-state index in [-0.39, 0.29) is 11.3 Å². The van der Waals surface area contributed by atoms with Crippen LogP contribution in [0.5, 0.6) is 0 Å². The summed E-state index contributed by atoms with van der Waals surface area (Å²) in [6, 6.07) is 0.610. The number of nitrogen functional groups attached to an aromatic ring is 1. The van der Waals surface area contributed by atoms with Crippen molar-refractivity contribution in [3.05, 3.63) is 22.7 Å². The Kier molecular flexibility index (Phi) is 2.15. The smallest absolute Gasteiger partial charge is 0.407 e. The summed E-state index contributed by atoms with van der Waals surface area (Å²) >= 11 is 0. The molecule has 0 aromatic carbocycles. The molecule has 3 rings (SSSR count). The molecule has 1 amide bonds. The molecule has 0 unspecified atom stereocenters. The van der Waals surface area contributed by atoms with Crippen molar-refractivity contribution in [1.82, 2.24) is 19.4 Å². The Balaban J connectivity index is 1.91. The normalized spacial score (nSPS) is 26.4. The van der Waals surface area contributed by atoms with Gasteiger partial charge in [-0.25, -0.2) is 14.6 Å². The largest absolute Gasteiger partial charge is 0.453 e. The zero-order chi connectivity index (χ0) is 20.9. The van der Waals surface area contributed by atoms with Gasteiger partial charge in [-0.15, -0.1) is 0 Å². The third kappa shape index (κ3) is 2.30. The summed E-state index contributed by atoms with van der Waals surface area (Å²) in [6.45, 7) is -2.70. The van der Waals surface area contributed by atoms with E-state index in [1.54, 1.807) is 0 Å². The Morgan fingerprint density at radius 2 is 2.41 bits per heavy atom. The molecular formula is C14H19N5O3. The minimum absolute atomic E-state index is 0.137. The number of nitrogens with one attached hydrogen (secondary N) is 1. The summed E-state index contributed by atoms with van der Waals surface area (Å²) in [5.74, 6) is 0.137. The number of aryl methyl sites for hydroxylation is 1. The number of alkyl carbamates (subject to hydrolysis) is 1. The van der Waals surface area contributed by atoms with Crippen LogP contribution >= 0.6 is 0 Å². The van der Waals surface area contributed by atoms with Crippen LogP contribution in [-0.2, 0) is 11.7 Å². The van der Waals surface area contributed by atoms with Crippen LogP contribution in [0.4, 0.5) is 10.6 Å². The lowest BCUT2D eigenvalue weighted by atomic mass is 10.2. The number of aromatic nitrogens is 3. The van der Waals surface area contributed by atoms with E-state index >= 15 is 0 Å². The monoisotopic (exact) mass is 311 g/mol. The van der Waals surface area contributed by atoms with Crippen molar-refractivity contribution in [2.45, 2.75) is 31.3 Å². The van der Waals surface area contributed by atoms with E-state index in [9.17, 15) is 9.59 Å². The summed E-state index contributed by atoms with van der Waals surface area (Å²) in [7, 11) is -2.85. The van der Waals surface area contributed by atoms with Crippen LogP contribution in [-0.4, -0.2) is 33.3 Å². The number of anilines is 1. The number of hydrogen-bond donors (Lipinski definition) is 2. The summed E-state index contributed by atoms with van der Waals surface area (Å²) < 4.78 is 50.1. The molecule has 1 aliphatic carbocycles. The fourth-order valence-electron chi connectivity index (χ4n) is 3.00. The van der Waals surface area contributed by atoms with Crippen molar-refractivity contribution in [3.8, 4) is 0 Å². The molecule has 2 atom stereocenters. The Morgan fingerprint density at radius 3 is 3.18 bits per heavy atom. The van der Waals surface area contributed by atoms with Crippen molar-refractivity contribution in [3.63, 3.8) is 0 Å². The average Bonchev–Trinajstić information content (AvgIpc) is 3.05. The van der Waals surface area contributed by atoms with Crippen LogP contribution in [0.1, 0.15) is 33.5 Å². The molecule has 8 nitrogen and oxygen atoms in total. The quantitative estimate of drug-likeness (QED) is 0.852. The molecule has 1 fully saturated rings. The van der Waals surface area contributed by atoms with Gasteiger partial charge in [-0.3, -0.25) is 9.13 Å². The first-order valence-electron chi connectivity index (χ1n) is 9.75. The molecule has 1 aliphatic rings. The Hall–Kier alpha value is -2.51. The molecular weight excluding hydrogens is 286 g/mol. The first-order valence-corrected chi connectivity index (χ1v) is 6.75. The molecule has 3 N–H and O–H groups in total. The van der Waals surface area contributed by atoms with Gasteiger partial charge in [0.2, 0.25) is 0 Å². The standard InChI is InChI=1S/C14H19N5O3/c1-18-11-7-16-12(15)6-10(11)19(14(18)21)9-4-3-8(5-9)17-13(20)22-2/h6-9H,3-5H2,1-2H3,(H2,15,16)(H,17,20)/t8-,9-/m1/s1/i1D3,2D3. The Bertz CT molecular complexity index is 963. The van der Waals surface area contributed by atoms with E-state index in [4.69, 9.17) is 14.0 Å². The Labute approximate surface area is 135 Å². The number of amides is 1. The molecule has 0 aliphatic heterocycles. The summed E-state index contributed by atoms with van der Waals surface area (Å²) in [6.07, 6.45) is 1.41. The first kappa shape index (κ1) is 8.82. The molecule has 0 bridgehead atoms. The highest BCUT2D eigenvalue weighted by molar-refractivity contribution is 5.77. The maximum absolute atomic E-state index is 12.9.